The summed E-state index contributed by atoms with van der Waals surface area (Å²) in [5.74, 6) is -0.603. The average molecular weight is 412 g/mol. The van der Waals surface area contributed by atoms with Crippen molar-refractivity contribution in [3.05, 3.63) is 54.1 Å². The molecule has 1 saturated heterocycles. The quantitative estimate of drug-likeness (QED) is 0.740. The van der Waals surface area contributed by atoms with E-state index < -0.39 is 12.7 Å². The van der Waals surface area contributed by atoms with Crippen molar-refractivity contribution in [2.75, 3.05) is 17.2 Å². The van der Waals surface area contributed by atoms with Crippen LogP contribution in [0.1, 0.15) is 23.2 Å². The number of anilines is 2. The number of nitrogens with zero attached hydrogens (tertiary/aromatic N) is 1. The molecule has 150 valence electrons. The number of nitrogen functional groups attached to an aromatic ring is 1. The highest BCUT2D eigenvalue weighted by Gasteiger charge is 2.31. The van der Waals surface area contributed by atoms with E-state index in [2.05, 4.69) is 10.1 Å². The van der Waals surface area contributed by atoms with Crippen LogP contribution < -0.4 is 20.7 Å². The van der Waals surface area contributed by atoms with Gasteiger partial charge in [0.15, 0.2) is 0 Å². The Kier molecular flexibility index (Phi) is 7.17. The number of amides is 2. The molecule has 1 aliphatic rings. The van der Waals surface area contributed by atoms with Crippen LogP contribution in [0.25, 0.3) is 0 Å². The van der Waals surface area contributed by atoms with Gasteiger partial charge in [0.05, 0.1) is 0 Å². The fraction of sp³-hybridized carbons (Fsp3) is 0.263. The molecule has 0 spiro atoms. The van der Waals surface area contributed by atoms with Crippen LogP contribution in [0.4, 0.5) is 20.2 Å². The summed E-state index contributed by atoms with van der Waals surface area (Å²) in [5, 5.41) is 2.74. The third-order valence-electron chi connectivity index (χ3n) is 4.27. The molecule has 1 aliphatic heterocycles. The number of hydrogen-bond donors (Lipinski definition) is 2. The minimum atomic E-state index is -2.90. The molecule has 3 rings (SSSR count). The van der Waals surface area contributed by atoms with Gasteiger partial charge in [0.1, 0.15) is 11.8 Å². The van der Waals surface area contributed by atoms with Gasteiger partial charge in [-0.1, -0.05) is 6.07 Å². The lowest BCUT2D eigenvalue weighted by atomic mass is 10.0. The Labute approximate surface area is 167 Å². The number of carbonyl (C=O) groups excluding carboxylic acids is 2. The molecule has 1 heterocycles. The van der Waals surface area contributed by atoms with Crippen LogP contribution in [-0.2, 0) is 4.79 Å². The zero-order chi connectivity index (χ0) is 19.4. The van der Waals surface area contributed by atoms with Gasteiger partial charge in [0.25, 0.3) is 5.91 Å². The average Bonchev–Trinajstić information content (AvgIpc) is 2.64. The number of alkyl halides is 2. The fourth-order valence-corrected chi connectivity index (χ4v) is 2.99. The molecule has 0 bridgehead atoms. The Morgan fingerprint density at radius 1 is 1.21 bits per heavy atom. The van der Waals surface area contributed by atoms with Crippen LogP contribution in [0, 0.1) is 0 Å². The predicted molar refractivity (Wildman–Crippen MR) is 104 cm³/mol. The van der Waals surface area contributed by atoms with Gasteiger partial charge in [-0.3, -0.25) is 9.59 Å². The van der Waals surface area contributed by atoms with E-state index in [9.17, 15) is 18.4 Å². The molecule has 2 aromatic carbocycles. The van der Waals surface area contributed by atoms with Crippen molar-refractivity contribution < 1.29 is 23.1 Å². The smallest absolute Gasteiger partial charge is 0.387 e. The standard InChI is InChI=1S/C19H19F2N3O3.ClH/c20-19(21)27-15-8-6-14(7-9-15)24-10-2-5-16(18(24)26)23-17(25)12-3-1-4-13(22)11-12;/h1,3-4,6-9,11,16,19H,2,5,10,22H2,(H,23,25);1H. The highest BCUT2D eigenvalue weighted by molar-refractivity contribution is 6.03. The van der Waals surface area contributed by atoms with Crippen molar-refractivity contribution >= 4 is 35.6 Å². The first kappa shape index (κ1) is 21.4. The third-order valence-corrected chi connectivity index (χ3v) is 4.27. The number of halogens is 3. The highest BCUT2D eigenvalue weighted by atomic mass is 35.5. The largest absolute Gasteiger partial charge is 0.435 e. The van der Waals surface area contributed by atoms with E-state index >= 15 is 0 Å². The summed E-state index contributed by atoms with van der Waals surface area (Å²) in [5.41, 5.74) is 7.09. The van der Waals surface area contributed by atoms with Crippen molar-refractivity contribution in [2.24, 2.45) is 0 Å². The number of nitrogens with two attached hydrogens (primary N) is 1. The van der Waals surface area contributed by atoms with Crippen molar-refractivity contribution in [1.29, 1.82) is 0 Å². The van der Waals surface area contributed by atoms with Crippen molar-refractivity contribution in [2.45, 2.75) is 25.5 Å². The Hall–Kier alpha value is -2.87. The lowest BCUT2D eigenvalue weighted by Gasteiger charge is -2.32. The molecule has 28 heavy (non-hydrogen) atoms. The number of piperidine rings is 1. The summed E-state index contributed by atoms with van der Waals surface area (Å²) >= 11 is 0. The number of ether oxygens (including phenoxy) is 1. The van der Waals surface area contributed by atoms with Gasteiger partial charge in [0.2, 0.25) is 5.91 Å². The first-order valence-corrected chi connectivity index (χ1v) is 8.46. The molecule has 1 fully saturated rings. The Bertz CT molecular complexity index is 833. The summed E-state index contributed by atoms with van der Waals surface area (Å²) in [6.07, 6.45) is 1.22. The molecule has 2 aromatic rings. The molecule has 1 atom stereocenters. The van der Waals surface area contributed by atoms with Gasteiger partial charge in [-0.2, -0.15) is 8.78 Å². The van der Waals surface area contributed by atoms with Gasteiger partial charge in [-0.15, -0.1) is 12.4 Å². The molecular formula is C19H20ClF2N3O3. The summed E-state index contributed by atoms with van der Waals surface area (Å²) in [6.45, 7) is -2.42. The number of rotatable bonds is 5. The molecule has 0 aromatic heterocycles. The van der Waals surface area contributed by atoms with Crippen LogP contribution in [0.5, 0.6) is 5.75 Å². The number of carbonyl (C=O) groups is 2. The first-order chi connectivity index (χ1) is 12.9. The molecule has 0 radical (unpaired) electrons. The molecule has 0 aliphatic carbocycles. The maximum atomic E-state index is 12.8. The van der Waals surface area contributed by atoms with Gasteiger partial charge >= 0.3 is 6.61 Å². The molecule has 1 unspecified atom stereocenters. The molecule has 6 nitrogen and oxygen atoms in total. The maximum absolute atomic E-state index is 12.8. The first-order valence-electron chi connectivity index (χ1n) is 8.46. The zero-order valence-electron chi connectivity index (χ0n) is 14.8. The Morgan fingerprint density at radius 3 is 2.57 bits per heavy atom. The van der Waals surface area contributed by atoms with Gasteiger partial charge in [-0.25, -0.2) is 0 Å². The van der Waals surface area contributed by atoms with E-state index in [1.807, 2.05) is 0 Å². The van der Waals surface area contributed by atoms with Crippen LogP contribution in [0.3, 0.4) is 0 Å². The number of nitrogens with one attached hydrogen (secondary N) is 1. The number of benzene rings is 2. The normalized spacial score (nSPS) is 16.5. The SMILES string of the molecule is Cl.Nc1cccc(C(=O)NC2CCCN(c3ccc(OC(F)F)cc3)C2=O)c1. The molecule has 0 saturated carbocycles. The van der Waals surface area contributed by atoms with E-state index in [-0.39, 0.29) is 30.0 Å². The zero-order valence-corrected chi connectivity index (χ0v) is 15.6. The highest BCUT2D eigenvalue weighted by Crippen LogP contribution is 2.24. The lowest BCUT2D eigenvalue weighted by molar-refractivity contribution is -0.121. The Balaban J connectivity index is 0.00000280. The third kappa shape index (κ3) is 5.10. The van der Waals surface area contributed by atoms with Crippen LogP contribution in [-0.4, -0.2) is 31.0 Å². The Morgan fingerprint density at radius 2 is 1.93 bits per heavy atom. The lowest BCUT2D eigenvalue weighted by Crippen LogP contribution is -2.52. The van der Waals surface area contributed by atoms with Crippen LogP contribution in [0.15, 0.2) is 48.5 Å². The summed E-state index contributed by atoms with van der Waals surface area (Å²) in [4.78, 5) is 26.7. The molecule has 3 N–H and O–H groups in total. The van der Waals surface area contributed by atoms with Gasteiger partial charge in [0, 0.05) is 23.5 Å². The van der Waals surface area contributed by atoms with E-state index in [0.717, 1.165) is 0 Å². The van der Waals surface area contributed by atoms with Crippen molar-refractivity contribution in [3.8, 4) is 5.75 Å². The summed E-state index contributed by atoms with van der Waals surface area (Å²) in [6, 6.07) is 11.7. The van der Waals surface area contributed by atoms with Crippen LogP contribution >= 0.6 is 12.4 Å². The van der Waals surface area contributed by atoms with Crippen molar-refractivity contribution in [3.63, 3.8) is 0 Å². The van der Waals surface area contributed by atoms with E-state index in [4.69, 9.17) is 5.73 Å². The summed E-state index contributed by atoms with van der Waals surface area (Å²) < 4.78 is 28.8. The minimum Gasteiger partial charge on any atom is -0.435 e. The minimum absolute atomic E-state index is 0. The molecular weight excluding hydrogens is 392 g/mol. The fourth-order valence-electron chi connectivity index (χ4n) is 2.99. The second-order valence-electron chi connectivity index (χ2n) is 6.16. The van der Waals surface area contributed by atoms with Crippen molar-refractivity contribution in [1.82, 2.24) is 5.32 Å². The van der Waals surface area contributed by atoms with E-state index in [1.54, 1.807) is 24.3 Å². The topological polar surface area (TPSA) is 84.7 Å². The second-order valence-corrected chi connectivity index (χ2v) is 6.16. The van der Waals surface area contributed by atoms with E-state index in [0.29, 0.717) is 36.3 Å². The van der Waals surface area contributed by atoms with Crippen LogP contribution in [0.2, 0.25) is 0 Å². The predicted octanol–water partition coefficient (Wildman–Crippen LogP) is 3.22. The maximum Gasteiger partial charge on any atom is 0.387 e. The monoisotopic (exact) mass is 411 g/mol. The van der Waals surface area contributed by atoms with Gasteiger partial charge in [-0.05, 0) is 55.3 Å². The second kappa shape index (κ2) is 9.36. The molecule has 9 heteroatoms. The van der Waals surface area contributed by atoms with Gasteiger partial charge < -0.3 is 20.7 Å². The van der Waals surface area contributed by atoms with E-state index in [1.165, 1.54) is 29.2 Å². The summed E-state index contributed by atoms with van der Waals surface area (Å²) in [7, 11) is 0. The number of hydrogen-bond acceptors (Lipinski definition) is 4. The molecule has 2 amide bonds.